The second-order valence-corrected chi connectivity index (χ2v) is 6.33. The number of benzene rings is 3. The van der Waals surface area contributed by atoms with Gasteiger partial charge in [-0.15, -0.1) is 0 Å². The molecule has 27 heavy (non-hydrogen) atoms. The molecule has 5 heteroatoms. The lowest BCUT2D eigenvalue weighted by Crippen LogP contribution is -2.40. The number of rotatable bonds is 3. The molecule has 132 valence electrons. The fourth-order valence-corrected chi connectivity index (χ4v) is 3.78. The average molecular weight is 358 g/mol. The Morgan fingerprint density at radius 2 is 1.30 bits per heavy atom. The van der Waals surface area contributed by atoms with Gasteiger partial charge >= 0.3 is 0 Å². The fraction of sp³-hybridized carbons (Fsp3) is 0.0455. The van der Waals surface area contributed by atoms with Crippen LogP contribution in [0.4, 0.5) is 0 Å². The normalized spacial score (nSPS) is 14.8. The molecule has 5 nitrogen and oxygen atoms in total. The predicted molar refractivity (Wildman–Crippen MR) is 97.5 cm³/mol. The van der Waals surface area contributed by atoms with Crippen molar-refractivity contribution in [2.24, 2.45) is 0 Å². The van der Waals surface area contributed by atoms with Crippen LogP contribution in [-0.4, -0.2) is 28.1 Å². The zero-order valence-electron chi connectivity index (χ0n) is 14.0. The molecule has 1 aliphatic carbocycles. The zero-order chi connectivity index (χ0) is 19.2. The van der Waals surface area contributed by atoms with Crippen molar-refractivity contribution in [1.29, 1.82) is 0 Å². The topological polar surface area (TPSA) is 91.7 Å². The van der Waals surface area contributed by atoms with Gasteiger partial charge in [0.05, 0.1) is 5.56 Å². The highest BCUT2D eigenvalue weighted by Gasteiger charge is 2.56. The minimum Gasteiger partial charge on any atom is -0.504 e. The summed E-state index contributed by atoms with van der Waals surface area (Å²) in [5.74, 6) is -2.10. The molecule has 0 spiro atoms. The van der Waals surface area contributed by atoms with Crippen LogP contribution in [0.2, 0.25) is 0 Å². The van der Waals surface area contributed by atoms with Crippen LogP contribution in [0.3, 0.4) is 0 Å². The second kappa shape index (κ2) is 5.92. The van der Waals surface area contributed by atoms with Gasteiger partial charge < -0.3 is 10.2 Å². The Balaban J connectivity index is 2.14. The Hall–Kier alpha value is -3.73. The number of Topliss-reactive ketones (excluding diaryl/α,β-unsaturated/α-hetero) is 2. The van der Waals surface area contributed by atoms with E-state index in [9.17, 15) is 24.6 Å². The monoisotopic (exact) mass is 358 g/mol. The Labute approximate surface area is 154 Å². The highest BCUT2D eigenvalue weighted by molar-refractivity contribution is 6.35. The maximum atomic E-state index is 13.5. The van der Waals surface area contributed by atoms with E-state index in [-0.39, 0.29) is 22.3 Å². The quantitative estimate of drug-likeness (QED) is 0.426. The number of aromatic hydroxyl groups is 2. The molecule has 0 radical (unpaired) electrons. The lowest BCUT2D eigenvalue weighted by molar-refractivity contribution is 0.0828. The van der Waals surface area contributed by atoms with E-state index in [0.29, 0.717) is 11.8 Å². The van der Waals surface area contributed by atoms with Crippen LogP contribution in [0.5, 0.6) is 11.5 Å². The van der Waals surface area contributed by atoms with Crippen LogP contribution in [0.15, 0.2) is 66.7 Å². The van der Waals surface area contributed by atoms with E-state index in [1.54, 1.807) is 54.6 Å². The number of fused-ring (bicyclic) bond motifs is 1. The Morgan fingerprint density at radius 3 is 1.85 bits per heavy atom. The molecule has 4 rings (SSSR count). The summed E-state index contributed by atoms with van der Waals surface area (Å²) in [6.07, 6.45) is 0.346. The molecule has 2 N–H and O–H groups in total. The van der Waals surface area contributed by atoms with Gasteiger partial charge in [0.25, 0.3) is 0 Å². The first-order chi connectivity index (χ1) is 13.0. The average Bonchev–Trinajstić information content (AvgIpc) is 2.93. The van der Waals surface area contributed by atoms with Crippen molar-refractivity contribution < 1.29 is 24.6 Å². The molecule has 0 amide bonds. The standard InChI is InChI=1S/C22H14O5/c23-12-16-17(10-11-18(24)19(16)25)22(13-6-2-1-3-7-13)20(26)14-8-4-5-9-15(14)21(22)27/h1-12,24-25H. The van der Waals surface area contributed by atoms with Crippen molar-refractivity contribution in [2.75, 3.05) is 0 Å². The van der Waals surface area contributed by atoms with Crippen molar-refractivity contribution >= 4 is 17.9 Å². The largest absolute Gasteiger partial charge is 0.504 e. The van der Waals surface area contributed by atoms with Crippen LogP contribution in [0.25, 0.3) is 0 Å². The van der Waals surface area contributed by atoms with Gasteiger partial charge in [0.1, 0.15) is 5.41 Å². The molecule has 0 unspecified atom stereocenters. The Bertz CT molecular complexity index is 1060. The number of phenols is 2. The van der Waals surface area contributed by atoms with Crippen LogP contribution >= 0.6 is 0 Å². The molecule has 0 aliphatic heterocycles. The van der Waals surface area contributed by atoms with Gasteiger partial charge in [-0.1, -0.05) is 60.7 Å². The first kappa shape index (κ1) is 16.7. The van der Waals surface area contributed by atoms with Crippen LogP contribution in [0, 0.1) is 0 Å². The molecule has 3 aromatic rings. The first-order valence-electron chi connectivity index (χ1n) is 8.28. The van der Waals surface area contributed by atoms with Gasteiger partial charge in [-0.3, -0.25) is 14.4 Å². The smallest absolute Gasteiger partial charge is 0.186 e. The third-order valence-corrected chi connectivity index (χ3v) is 5.02. The van der Waals surface area contributed by atoms with Gasteiger partial charge in [0.15, 0.2) is 29.4 Å². The summed E-state index contributed by atoms with van der Waals surface area (Å²) in [7, 11) is 0. The van der Waals surface area contributed by atoms with E-state index >= 15 is 0 Å². The van der Waals surface area contributed by atoms with Gasteiger partial charge in [-0.05, 0) is 17.2 Å². The molecule has 0 saturated heterocycles. The molecule has 1 aliphatic rings. The van der Waals surface area contributed by atoms with E-state index in [4.69, 9.17) is 0 Å². The second-order valence-electron chi connectivity index (χ2n) is 6.33. The van der Waals surface area contributed by atoms with E-state index in [0.717, 1.165) is 0 Å². The summed E-state index contributed by atoms with van der Waals surface area (Å²) in [6.45, 7) is 0. The number of ketones is 2. The number of carbonyl (C=O) groups excluding carboxylic acids is 3. The van der Waals surface area contributed by atoms with Crippen LogP contribution in [0.1, 0.15) is 42.2 Å². The number of hydrogen-bond donors (Lipinski definition) is 2. The lowest BCUT2D eigenvalue weighted by atomic mass is 9.69. The van der Waals surface area contributed by atoms with E-state index in [1.165, 1.54) is 12.1 Å². The molecule has 0 atom stereocenters. The summed E-state index contributed by atoms with van der Waals surface area (Å²) < 4.78 is 0. The molecule has 0 saturated carbocycles. The van der Waals surface area contributed by atoms with Gasteiger partial charge in [0, 0.05) is 11.1 Å². The van der Waals surface area contributed by atoms with Gasteiger partial charge in [-0.25, -0.2) is 0 Å². The van der Waals surface area contributed by atoms with E-state index in [2.05, 4.69) is 0 Å². The Kier molecular flexibility index (Phi) is 3.66. The third-order valence-electron chi connectivity index (χ3n) is 5.02. The number of carbonyl (C=O) groups is 3. The summed E-state index contributed by atoms with van der Waals surface area (Å²) in [5, 5.41) is 20.0. The molecule has 0 aromatic heterocycles. The van der Waals surface area contributed by atoms with Crippen molar-refractivity contribution in [3.05, 3.63) is 94.5 Å². The molecule has 0 bridgehead atoms. The minimum absolute atomic E-state index is 0.0465. The first-order valence-corrected chi connectivity index (χ1v) is 8.28. The summed E-state index contributed by atoms with van der Waals surface area (Å²) in [6, 6.07) is 17.4. The summed E-state index contributed by atoms with van der Waals surface area (Å²) in [5.41, 5.74) is -1.12. The molecular weight excluding hydrogens is 344 g/mol. The van der Waals surface area contributed by atoms with Crippen molar-refractivity contribution in [3.8, 4) is 11.5 Å². The summed E-state index contributed by atoms with van der Waals surface area (Å²) in [4.78, 5) is 38.8. The molecule has 3 aromatic carbocycles. The maximum Gasteiger partial charge on any atom is 0.186 e. The van der Waals surface area contributed by atoms with Crippen molar-refractivity contribution in [2.45, 2.75) is 5.41 Å². The lowest BCUT2D eigenvalue weighted by Gasteiger charge is -2.28. The molecule has 0 heterocycles. The van der Waals surface area contributed by atoms with Crippen molar-refractivity contribution in [1.82, 2.24) is 0 Å². The van der Waals surface area contributed by atoms with Gasteiger partial charge in [0.2, 0.25) is 0 Å². The molecule has 0 fully saturated rings. The predicted octanol–water partition coefficient (Wildman–Crippen LogP) is 3.28. The highest BCUT2D eigenvalue weighted by Crippen LogP contribution is 2.48. The minimum atomic E-state index is -1.80. The summed E-state index contributed by atoms with van der Waals surface area (Å²) >= 11 is 0. The van der Waals surface area contributed by atoms with Gasteiger partial charge in [-0.2, -0.15) is 0 Å². The van der Waals surface area contributed by atoms with Crippen molar-refractivity contribution in [3.63, 3.8) is 0 Å². The third kappa shape index (κ3) is 2.08. The highest BCUT2D eigenvalue weighted by atomic mass is 16.3. The van der Waals surface area contributed by atoms with Crippen LogP contribution < -0.4 is 0 Å². The number of phenolic OH excluding ortho intramolecular Hbond substituents is 2. The molecular formula is C22H14O5. The van der Waals surface area contributed by atoms with E-state index in [1.807, 2.05) is 0 Å². The Morgan fingerprint density at radius 1 is 0.741 bits per heavy atom. The maximum absolute atomic E-state index is 13.5. The van der Waals surface area contributed by atoms with Crippen LogP contribution in [-0.2, 0) is 5.41 Å². The zero-order valence-corrected chi connectivity index (χ0v) is 14.0. The number of aldehydes is 1. The SMILES string of the molecule is O=Cc1c(C2(c3ccccc3)C(=O)c3ccccc3C2=O)ccc(O)c1O. The fourth-order valence-electron chi connectivity index (χ4n) is 3.78. The van der Waals surface area contributed by atoms with E-state index < -0.39 is 28.5 Å². The number of hydrogen-bond acceptors (Lipinski definition) is 5.